The van der Waals surface area contributed by atoms with Crippen LogP contribution in [0.5, 0.6) is 0 Å². The summed E-state index contributed by atoms with van der Waals surface area (Å²) in [4.78, 5) is 12.3. The number of rotatable bonds is 4. The van der Waals surface area contributed by atoms with Gasteiger partial charge in [-0.25, -0.2) is 9.19 Å². The summed E-state index contributed by atoms with van der Waals surface area (Å²) in [5, 5.41) is 6.64. The predicted octanol–water partition coefficient (Wildman–Crippen LogP) is 2.88. The Balaban J connectivity index is 1.55. The molecule has 2 N–H and O–H groups in total. The molecule has 1 aromatic carbocycles. The summed E-state index contributed by atoms with van der Waals surface area (Å²) in [6.07, 6.45) is 3.69. The van der Waals surface area contributed by atoms with Crippen LogP contribution in [-0.4, -0.2) is 46.4 Å². The van der Waals surface area contributed by atoms with Gasteiger partial charge in [0, 0.05) is 60.3 Å². The van der Waals surface area contributed by atoms with Crippen molar-refractivity contribution in [1.29, 1.82) is 0 Å². The van der Waals surface area contributed by atoms with E-state index in [1.807, 2.05) is 43.3 Å². The van der Waals surface area contributed by atoms with Gasteiger partial charge in [-0.1, -0.05) is 0 Å². The molecule has 0 amide bonds. The highest BCUT2D eigenvalue weighted by molar-refractivity contribution is 7.90. The van der Waals surface area contributed by atoms with Crippen molar-refractivity contribution in [2.24, 2.45) is 0 Å². The third-order valence-electron chi connectivity index (χ3n) is 4.89. The number of nitrogens with one attached hydrogen (secondary N) is 2. The molecule has 3 heterocycles. The molecule has 2 aromatic rings. The van der Waals surface area contributed by atoms with Gasteiger partial charge in [-0.3, -0.25) is 4.31 Å². The molecule has 1 aromatic heterocycles. The predicted molar refractivity (Wildman–Crippen MR) is 116 cm³/mol. The van der Waals surface area contributed by atoms with Gasteiger partial charge in [-0.15, -0.1) is 0 Å². The van der Waals surface area contributed by atoms with E-state index in [4.69, 9.17) is 0 Å². The normalized spacial score (nSPS) is 19.4. The highest BCUT2D eigenvalue weighted by Gasteiger charge is 2.27. The molecule has 7 nitrogen and oxygen atoms in total. The molecule has 0 bridgehead atoms. The van der Waals surface area contributed by atoms with Gasteiger partial charge in [-0.2, -0.15) is 4.98 Å². The fourth-order valence-corrected chi connectivity index (χ4v) is 4.69. The Bertz CT molecular complexity index is 905. The zero-order valence-electron chi connectivity index (χ0n) is 16.5. The van der Waals surface area contributed by atoms with Crippen LogP contribution in [0.25, 0.3) is 6.08 Å². The number of anilines is 4. The molecule has 1 fully saturated rings. The lowest BCUT2D eigenvalue weighted by Crippen LogP contribution is -2.43. The summed E-state index contributed by atoms with van der Waals surface area (Å²) in [6.45, 7) is 10.00. The Kier molecular flexibility index (Phi) is 5.32. The second-order valence-corrected chi connectivity index (χ2v) is 8.84. The van der Waals surface area contributed by atoms with Gasteiger partial charge in [0.05, 0.1) is 0 Å². The quantitative estimate of drug-likeness (QED) is 0.825. The summed E-state index contributed by atoms with van der Waals surface area (Å²) in [6, 6.07) is 8.40. The number of piperazine rings is 1. The van der Waals surface area contributed by atoms with Gasteiger partial charge >= 0.3 is 0 Å². The molecular formula is C20H26N6OS. The summed E-state index contributed by atoms with van der Waals surface area (Å²) >= 11 is 0. The molecule has 4 rings (SSSR count). The van der Waals surface area contributed by atoms with Crippen molar-refractivity contribution in [2.45, 2.75) is 26.8 Å². The van der Waals surface area contributed by atoms with E-state index in [1.165, 1.54) is 5.69 Å². The van der Waals surface area contributed by atoms with Gasteiger partial charge in [0.1, 0.15) is 11.0 Å². The van der Waals surface area contributed by atoms with Crippen LogP contribution in [0.15, 0.2) is 35.4 Å². The van der Waals surface area contributed by atoms with Crippen molar-refractivity contribution < 1.29 is 4.21 Å². The van der Waals surface area contributed by atoms with Crippen LogP contribution in [0, 0.1) is 0 Å². The smallest absolute Gasteiger partial charge is 0.229 e. The fourth-order valence-electron chi connectivity index (χ4n) is 3.47. The van der Waals surface area contributed by atoms with Gasteiger partial charge < -0.3 is 15.5 Å². The number of fused-ring (bicyclic) bond motifs is 1. The lowest BCUT2D eigenvalue weighted by molar-refractivity contribution is 0.589. The van der Waals surface area contributed by atoms with Crippen LogP contribution in [0.1, 0.15) is 26.3 Å². The maximum Gasteiger partial charge on any atom is 0.229 e. The monoisotopic (exact) mass is 398 g/mol. The van der Waals surface area contributed by atoms with E-state index in [2.05, 4.69) is 37.6 Å². The van der Waals surface area contributed by atoms with E-state index in [-0.39, 0.29) is 6.04 Å². The van der Waals surface area contributed by atoms with Crippen molar-refractivity contribution in [2.75, 3.05) is 40.7 Å². The molecule has 0 aliphatic carbocycles. The molecule has 8 heteroatoms. The summed E-state index contributed by atoms with van der Waals surface area (Å²) in [5.41, 5.74) is 3.05. The fraction of sp³-hybridized carbons (Fsp3) is 0.400. The second-order valence-electron chi connectivity index (χ2n) is 7.31. The van der Waals surface area contributed by atoms with E-state index < -0.39 is 11.0 Å². The number of hydrogen-bond acceptors (Lipinski definition) is 6. The van der Waals surface area contributed by atoms with E-state index in [0.717, 1.165) is 42.3 Å². The first kappa shape index (κ1) is 18.9. The minimum absolute atomic E-state index is 0.0734. The number of benzene rings is 1. The average molecular weight is 399 g/mol. The van der Waals surface area contributed by atoms with Crippen LogP contribution in [0.4, 0.5) is 23.1 Å². The van der Waals surface area contributed by atoms with Crippen molar-refractivity contribution >= 4 is 40.2 Å². The third kappa shape index (κ3) is 3.74. The third-order valence-corrected chi connectivity index (χ3v) is 6.51. The van der Waals surface area contributed by atoms with E-state index >= 15 is 0 Å². The molecule has 0 spiro atoms. The Morgan fingerprint density at radius 2 is 1.89 bits per heavy atom. The lowest BCUT2D eigenvalue weighted by Gasteiger charge is -2.31. The average Bonchev–Trinajstić information content (AvgIpc) is 2.70. The van der Waals surface area contributed by atoms with E-state index in [0.29, 0.717) is 11.8 Å². The zero-order valence-corrected chi connectivity index (χ0v) is 17.3. The van der Waals surface area contributed by atoms with Crippen molar-refractivity contribution in [3.63, 3.8) is 0 Å². The van der Waals surface area contributed by atoms with Gasteiger partial charge in [0.25, 0.3) is 0 Å². The van der Waals surface area contributed by atoms with E-state index in [9.17, 15) is 4.21 Å². The minimum Gasteiger partial charge on any atom is -0.369 e. The molecule has 1 unspecified atom stereocenters. The molecule has 148 valence electrons. The highest BCUT2D eigenvalue weighted by Crippen LogP contribution is 2.32. The van der Waals surface area contributed by atoms with Crippen LogP contribution < -0.4 is 19.8 Å². The standard InChI is InChI=1S/C20H26N6OS/c1-14(2)26-19-16(12-15(3)28(26)27)13-22-20(24-19)23-17-4-6-18(7-5-17)25-10-8-21-9-11-25/h4-7,12-14,21H,8-11H2,1-3H3,(H,22,23,24). The first-order valence-corrected chi connectivity index (χ1v) is 10.7. The van der Waals surface area contributed by atoms with E-state index in [1.54, 1.807) is 6.20 Å². The Morgan fingerprint density at radius 3 is 2.57 bits per heavy atom. The van der Waals surface area contributed by atoms with Crippen molar-refractivity contribution in [3.8, 4) is 0 Å². The van der Waals surface area contributed by atoms with Crippen LogP contribution in [0.2, 0.25) is 0 Å². The molecule has 28 heavy (non-hydrogen) atoms. The molecule has 1 saturated heterocycles. The molecule has 2 aliphatic heterocycles. The second kappa shape index (κ2) is 7.89. The largest absolute Gasteiger partial charge is 0.369 e. The molecule has 0 radical (unpaired) electrons. The maximum absolute atomic E-state index is 12.7. The van der Waals surface area contributed by atoms with Crippen molar-refractivity contribution in [3.05, 3.63) is 40.9 Å². The SMILES string of the molecule is CC1=Cc2cnc(Nc3ccc(N4CCNCC4)cc3)nc2N(C(C)C)S1=O. The van der Waals surface area contributed by atoms with Gasteiger partial charge in [0.15, 0.2) is 5.82 Å². The topological polar surface area (TPSA) is 73.4 Å². The van der Waals surface area contributed by atoms with Crippen LogP contribution in [-0.2, 0) is 11.0 Å². The Hall–Kier alpha value is -2.45. The molecular weight excluding hydrogens is 372 g/mol. The number of hydrogen-bond donors (Lipinski definition) is 2. The van der Waals surface area contributed by atoms with Gasteiger partial charge in [-0.05, 0) is 51.1 Å². The summed E-state index contributed by atoms with van der Waals surface area (Å²) in [5.74, 6) is 1.21. The summed E-state index contributed by atoms with van der Waals surface area (Å²) < 4.78 is 14.5. The van der Waals surface area contributed by atoms with Gasteiger partial charge in [0.2, 0.25) is 5.95 Å². The summed E-state index contributed by atoms with van der Waals surface area (Å²) in [7, 11) is -1.21. The highest BCUT2D eigenvalue weighted by atomic mass is 32.2. The van der Waals surface area contributed by atoms with Crippen molar-refractivity contribution in [1.82, 2.24) is 15.3 Å². The number of nitrogens with zero attached hydrogens (tertiary/aromatic N) is 4. The Morgan fingerprint density at radius 1 is 1.18 bits per heavy atom. The maximum atomic E-state index is 12.7. The first-order chi connectivity index (χ1) is 13.5. The minimum atomic E-state index is -1.21. The number of allylic oxidation sites excluding steroid dienone is 1. The van der Waals surface area contributed by atoms with Crippen LogP contribution >= 0.6 is 0 Å². The molecule has 2 aliphatic rings. The Labute approximate surface area is 168 Å². The first-order valence-electron chi connectivity index (χ1n) is 9.62. The molecule has 0 saturated carbocycles. The zero-order chi connectivity index (χ0) is 19.7. The number of aromatic nitrogens is 2. The lowest BCUT2D eigenvalue weighted by atomic mass is 10.2. The molecule has 1 atom stereocenters. The van der Waals surface area contributed by atoms with Crippen LogP contribution in [0.3, 0.4) is 0 Å².